The number of nitrogens with zero attached hydrogens (tertiary/aromatic N) is 5. The number of nitrogens with one attached hydrogen (secondary N) is 2. The number of imidazole rings is 2. The van der Waals surface area contributed by atoms with Crippen LogP contribution in [0.15, 0.2) is 84.9 Å². The number of nitrogen functional groups attached to an aromatic ring is 1. The minimum atomic E-state index is -0.611. The third kappa shape index (κ3) is 7.72. The van der Waals surface area contributed by atoms with Crippen LogP contribution in [0.1, 0.15) is 39.2 Å². The summed E-state index contributed by atoms with van der Waals surface area (Å²) in [4.78, 5) is 63.1. The van der Waals surface area contributed by atoms with Crippen LogP contribution in [0.5, 0.6) is 0 Å². The highest BCUT2D eigenvalue weighted by Gasteiger charge is 2.36. The van der Waals surface area contributed by atoms with E-state index in [1.807, 2.05) is 36.4 Å². The molecule has 4 N–H and O–H groups in total. The average molecular weight is 705 g/mol. The van der Waals surface area contributed by atoms with Crippen LogP contribution in [0.2, 0.25) is 0 Å². The molecule has 3 heterocycles. The number of anilines is 1. The van der Waals surface area contributed by atoms with Gasteiger partial charge in [0.1, 0.15) is 17.2 Å². The number of nitrogens with two attached hydrogens (primary N) is 1. The second kappa shape index (κ2) is 14.3. The van der Waals surface area contributed by atoms with Gasteiger partial charge < -0.3 is 20.4 Å². The average Bonchev–Trinajstić information content (AvgIpc) is 3.87. The Kier molecular flexibility index (Phi) is 9.68. The Morgan fingerprint density at radius 2 is 1.33 bits per heavy atom. The van der Waals surface area contributed by atoms with Crippen molar-refractivity contribution in [3.8, 4) is 22.8 Å². The number of carbonyl (C=O) groups is 2. The number of benzene rings is 4. The first kappa shape index (κ1) is 35.2. The number of fused-ring (bicyclic) bond motifs is 2. The largest absolute Gasteiger partial charge is 0.444 e. The number of non-ortho nitro benzene ring substituents is 2. The van der Waals surface area contributed by atoms with Crippen LogP contribution in [0.4, 0.5) is 21.9 Å². The molecule has 266 valence electrons. The molecular weight excluding hydrogens is 668 g/mol. The third-order valence-electron chi connectivity index (χ3n) is 8.42. The number of nitro benzene ring substituents is 2. The van der Waals surface area contributed by atoms with Crippen molar-refractivity contribution in [3.63, 3.8) is 0 Å². The number of para-hydroxylation sites is 2. The van der Waals surface area contributed by atoms with E-state index in [4.69, 9.17) is 10.5 Å². The molecule has 1 amide bonds. The number of likely N-dealkylation sites (tertiary alicyclic amines) is 1. The van der Waals surface area contributed by atoms with Crippen LogP contribution >= 0.6 is 0 Å². The second-order valence-electron chi connectivity index (χ2n) is 13.3. The molecule has 0 spiro atoms. The third-order valence-corrected chi connectivity index (χ3v) is 8.42. The van der Waals surface area contributed by atoms with Gasteiger partial charge in [-0.25, -0.2) is 14.8 Å². The standard InChI is InChI=1S/C24H26N4O5.C13H10N4O2/c1-24(2,3)33-23(30)27-13-5-8-18(27)20(29)14-15-9-11-16(12-10-15)22-25-17-6-4-7-19(28(31)32)21(17)26-22;14-9-6-4-8(5-7-9)13-15-10-2-1-3-11(17(18)19)12(10)16-13/h4,6-7,9-12,18H,5,8,13-14H2,1-3H3,(H,25,26);1-7H,14H2,(H,15,16)/t18-;/m0./s1. The molecule has 15 heteroatoms. The van der Waals surface area contributed by atoms with Gasteiger partial charge >= 0.3 is 6.09 Å². The molecule has 1 saturated heterocycles. The SMILES string of the molecule is CC(C)(C)OC(=O)N1CCC[C@H]1C(=O)Cc1ccc(-c2nc3c([N+](=O)[O-])cccc3[nH]2)cc1.Nc1ccc(-c2nc3c([N+](=O)[O-])cccc3[nH]2)cc1. The van der Waals surface area contributed by atoms with Gasteiger partial charge in [0.25, 0.3) is 11.4 Å². The first-order valence-electron chi connectivity index (χ1n) is 16.5. The molecule has 1 atom stereocenters. The van der Waals surface area contributed by atoms with Crippen molar-refractivity contribution in [3.05, 3.63) is 111 Å². The lowest BCUT2D eigenvalue weighted by Gasteiger charge is -2.28. The molecule has 0 unspecified atom stereocenters. The highest BCUT2D eigenvalue weighted by molar-refractivity contribution is 5.90. The maximum Gasteiger partial charge on any atom is 0.410 e. The molecule has 4 aromatic carbocycles. The summed E-state index contributed by atoms with van der Waals surface area (Å²) >= 11 is 0. The van der Waals surface area contributed by atoms with Gasteiger partial charge in [-0.1, -0.05) is 36.4 Å². The van der Waals surface area contributed by atoms with E-state index in [0.29, 0.717) is 52.4 Å². The van der Waals surface area contributed by atoms with Crippen LogP contribution in [0.25, 0.3) is 44.8 Å². The minimum absolute atomic E-state index is 0.00422. The number of nitro groups is 2. The van der Waals surface area contributed by atoms with Crippen molar-refractivity contribution >= 4 is 51.0 Å². The zero-order valence-corrected chi connectivity index (χ0v) is 28.7. The fourth-order valence-corrected chi connectivity index (χ4v) is 5.98. The molecule has 1 fully saturated rings. The fraction of sp³-hybridized carbons (Fsp3) is 0.243. The Morgan fingerprint density at radius 1 is 0.827 bits per heavy atom. The lowest BCUT2D eigenvalue weighted by molar-refractivity contribution is -0.383. The second-order valence-corrected chi connectivity index (χ2v) is 13.3. The van der Waals surface area contributed by atoms with Gasteiger partial charge in [0.15, 0.2) is 16.8 Å². The summed E-state index contributed by atoms with van der Waals surface area (Å²) in [5.41, 5.74) is 9.92. The fourth-order valence-electron chi connectivity index (χ4n) is 5.98. The highest BCUT2D eigenvalue weighted by atomic mass is 16.6. The van der Waals surface area contributed by atoms with E-state index in [1.54, 1.807) is 57.2 Å². The van der Waals surface area contributed by atoms with Gasteiger partial charge in [0, 0.05) is 41.9 Å². The number of aromatic amines is 2. The quantitative estimate of drug-likeness (QED) is 0.0851. The van der Waals surface area contributed by atoms with E-state index in [1.165, 1.54) is 17.0 Å². The predicted octanol–water partition coefficient (Wildman–Crippen LogP) is 7.37. The molecule has 0 bridgehead atoms. The Morgan fingerprint density at radius 3 is 1.81 bits per heavy atom. The molecule has 0 saturated carbocycles. The number of hydrogen-bond donors (Lipinski definition) is 3. The zero-order chi connectivity index (χ0) is 37.2. The molecule has 1 aliphatic heterocycles. The van der Waals surface area contributed by atoms with Crippen LogP contribution in [0.3, 0.4) is 0 Å². The van der Waals surface area contributed by atoms with Crippen molar-refractivity contribution in [2.45, 2.75) is 51.7 Å². The summed E-state index contributed by atoms with van der Waals surface area (Å²) in [5, 5.41) is 22.2. The summed E-state index contributed by atoms with van der Waals surface area (Å²) in [6, 6.07) is 23.6. The molecule has 2 aromatic heterocycles. The summed E-state index contributed by atoms with van der Waals surface area (Å²) in [7, 11) is 0. The lowest BCUT2D eigenvalue weighted by atomic mass is 10.0. The van der Waals surface area contributed by atoms with Crippen molar-refractivity contribution in [2.24, 2.45) is 0 Å². The molecule has 15 nitrogen and oxygen atoms in total. The van der Waals surface area contributed by atoms with Crippen LogP contribution in [-0.2, 0) is 16.0 Å². The maximum atomic E-state index is 12.9. The van der Waals surface area contributed by atoms with Crippen molar-refractivity contribution in [1.29, 1.82) is 0 Å². The van der Waals surface area contributed by atoms with Crippen LogP contribution in [0, 0.1) is 20.2 Å². The Balaban J connectivity index is 0.000000206. The van der Waals surface area contributed by atoms with Gasteiger partial charge in [0.2, 0.25) is 0 Å². The Labute approximate surface area is 297 Å². The van der Waals surface area contributed by atoms with Crippen LogP contribution < -0.4 is 5.73 Å². The van der Waals surface area contributed by atoms with E-state index in [9.17, 15) is 29.8 Å². The van der Waals surface area contributed by atoms with E-state index < -0.39 is 27.6 Å². The Hall–Kier alpha value is -6.64. The first-order chi connectivity index (χ1) is 24.8. The summed E-state index contributed by atoms with van der Waals surface area (Å²) < 4.78 is 5.45. The number of ketones is 1. The molecule has 6 aromatic rings. The number of carbonyl (C=O) groups excluding carboxylic acids is 2. The molecule has 1 aliphatic rings. The minimum Gasteiger partial charge on any atom is -0.444 e. The van der Waals surface area contributed by atoms with Gasteiger partial charge in [-0.15, -0.1) is 0 Å². The number of hydrogen-bond acceptors (Lipinski definition) is 10. The lowest BCUT2D eigenvalue weighted by Crippen LogP contribution is -2.43. The number of ether oxygens (including phenoxy) is 1. The van der Waals surface area contributed by atoms with Gasteiger partial charge in [-0.05, 0) is 75.6 Å². The van der Waals surface area contributed by atoms with Crippen molar-refractivity contribution in [2.75, 3.05) is 12.3 Å². The van der Waals surface area contributed by atoms with Crippen LogP contribution in [-0.4, -0.2) is 64.7 Å². The smallest absolute Gasteiger partial charge is 0.410 e. The van der Waals surface area contributed by atoms with Gasteiger partial charge in [-0.3, -0.25) is 29.9 Å². The zero-order valence-electron chi connectivity index (χ0n) is 28.7. The molecular formula is C37H36N8O7. The van der Waals surface area contributed by atoms with Gasteiger partial charge in [0.05, 0.1) is 26.9 Å². The predicted molar refractivity (Wildman–Crippen MR) is 195 cm³/mol. The monoisotopic (exact) mass is 704 g/mol. The van der Waals surface area contributed by atoms with E-state index in [2.05, 4.69) is 19.9 Å². The van der Waals surface area contributed by atoms with E-state index in [-0.39, 0.29) is 23.6 Å². The molecule has 7 rings (SSSR count). The van der Waals surface area contributed by atoms with E-state index >= 15 is 0 Å². The number of Topliss-reactive ketones (excluding diaryl/α,β-unsaturated/α-hetero) is 1. The number of rotatable bonds is 7. The topological polar surface area (TPSA) is 216 Å². The van der Waals surface area contributed by atoms with E-state index in [0.717, 1.165) is 23.1 Å². The van der Waals surface area contributed by atoms with Crippen molar-refractivity contribution < 1.29 is 24.2 Å². The highest BCUT2D eigenvalue weighted by Crippen LogP contribution is 2.29. The summed E-state index contributed by atoms with van der Waals surface area (Å²) in [5.74, 6) is 1.08. The first-order valence-corrected chi connectivity index (χ1v) is 16.5. The molecule has 52 heavy (non-hydrogen) atoms. The summed E-state index contributed by atoms with van der Waals surface area (Å²) in [6.07, 6.45) is 1.16. The number of H-pyrrole nitrogens is 2. The summed E-state index contributed by atoms with van der Waals surface area (Å²) in [6.45, 7) is 5.93. The normalized spacial score (nSPS) is 14.2. The molecule has 0 radical (unpaired) electrons. The number of aromatic nitrogens is 4. The molecule has 0 aliphatic carbocycles. The van der Waals surface area contributed by atoms with Gasteiger partial charge in [-0.2, -0.15) is 0 Å². The number of amides is 1. The van der Waals surface area contributed by atoms with Crippen molar-refractivity contribution in [1.82, 2.24) is 24.8 Å². The maximum absolute atomic E-state index is 12.9. The Bertz CT molecular complexity index is 2290.